The van der Waals surface area contributed by atoms with Crippen LogP contribution in [0.25, 0.3) is 0 Å². The number of nitrogens with zero attached hydrogens (tertiary/aromatic N) is 1. The van der Waals surface area contributed by atoms with E-state index in [2.05, 4.69) is 0 Å². The SMILES string of the molecule is CC(C)Oc1ccccc1Oc1ccc([N+]2(S(=O)(=O)C3CC3)C=C(CN)C=CC2)cc1. The lowest BCUT2D eigenvalue weighted by atomic mass is 10.2. The third-order valence-corrected chi connectivity index (χ3v) is 8.12. The number of hydrogen-bond donors (Lipinski definition) is 1. The Hall–Kier alpha value is -2.61. The van der Waals surface area contributed by atoms with E-state index in [1.165, 1.54) is 0 Å². The summed E-state index contributed by atoms with van der Waals surface area (Å²) < 4.78 is 38.6. The zero-order valence-electron chi connectivity index (χ0n) is 17.9. The molecule has 6 nitrogen and oxygen atoms in total. The third-order valence-electron chi connectivity index (χ3n) is 5.43. The Morgan fingerprint density at radius 3 is 2.35 bits per heavy atom. The van der Waals surface area contributed by atoms with Crippen molar-refractivity contribution in [1.29, 1.82) is 0 Å². The summed E-state index contributed by atoms with van der Waals surface area (Å²) in [5.74, 6) is 1.89. The van der Waals surface area contributed by atoms with Crippen molar-refractivity contribution >= 4 is 15.7 Å². The van der Waals surface area contributed by atoms with Crippen molar-refractivity contribution in [3.05, 3.63) is 72.5 Å². The fraction of sp³-hybridized carbons (Fsp3) is 0.333. The Morgan fingerprint density at radius 1 is 1.06 bits per heavy atom. The predicted octanol–water partition coefficient (Wildman–Crippen LogP) is 4.48. The Bertz CT molecular complexity index is 1100. The first kappa shape index (κ1) is 21.6. The van der Waals surface area contributed by atoms with Crippen molar-refractivity contribution in [3.8, 4) is 17.2 Å². The van der Waals surface area contributed by atoms with E-state index in [4.69, 9.17) is 15.2 Å². The molecule has 2 aromatic rings. The number of hydrogen-bond acceptors (Lipinski definition) is 5. The first-order chi connectivity index (χ1) is 14.9. The van der Waals surface area contributed by atoms with Crippen LogP contribution in [0.5, 0.6) is 17.2 Å². The summed E-state index contributed by atoms with van der Waals surface area (Å²) in [5.41, 5.74) is 7.34. The molecular weight excluding hydrogens is 412 g/mol. The minimum Gasteiger partial charge on any atom is -0.487 e. The van der Waals surface area contributed by atoms with E-state index >= 15 is 0 Å². The van der Waals surface area contributed by atoms with Gasteiger partial charge in [0.1, 0.15) is 23.7 Å². The van der Waals surface area contributed by atoms with Crippen molar-refractivity contribution in [2.75, 3.05) is 13.1 Å². The highest BCUT2D eigenvalue weighted by Gasteiger charge is 2.52. The van der Waals surface area contributed by atoms with Crippen LogP contribution in [0.4, 0.5) is 5.69 Å². The standard InChI is InChI=1S/C24H29N2O4S/c1-18(2)29-23-7-3-4-8-24(23)30-21-11-9-20(10-12-21)26(31(27,28)22-13-14-22)15-5-6-19(16-25)17-26/h3-12,17-18,22H,13-16,25H2,1-2H3/q+1. The van der Waals surface area contributed by atoms with Crippen LogP contribution in [0.3, 0.4) is 0 Å². The van der Waals surface area contributed by atoms with E-state index in [-0.39, 0.29) is 15.2 Å². The van der Waals surface area contributed by atoms with E-state index in [1.54, 1.807) is 18.3 Å². The topological polar surface area (TPSA) is 78.6 Å². The van der Waals surface area contributed by atoms with E-state index in [9.17, 15) is 8.42 Å². The Morgan fingerprint density at radius 2 is 1.74 bits per heavy atom. The van der Waals surface area contributed by atoms with Gasteiger partial charge >= 0.3 is 10.0 Å². The molecule has 2 aromatic carbocycles. The van der Waals surface area contributed by atoms with Crippen LogP contribution in [0.15, 0.2) is 72.5 Å². The van der Waals surface area contributed by atoms with Crippen LogP contribution in [0.1, 0.15) is 26.7 Å². The van der Waals surface area contributed by atoms with Crippen LogP contribution in [0, 0.1) is 0 Å². The lowest BCUT2D eigenvalue weighted by molar-refractivity contribution is 0.233. The van der Waals surface area contributed by atoms with Gasteiger partial charge in [-0.05, 0) is 57.0 Å². The fourth-order valence-corrected chi connectivity index (χ4v) is 6.02. The first-order valence-corrected chi connectivity index (χ1v) is 12.1. The molecule has 1 heterocycles. The number of quaternary nitrogens is 1. The molecule has 1 unspecified atom stereocenters. The van der Waals surface area contributed by atoms with Gasteiger partial charge in [-0.3, -0.25) is 0 Å². The molecule has 4 rings (SSSR count). The highest BCUT2D eigenvalue weighted by atomic mass is 32.2. The average Bonchev–Trinajstić information content (AvgIpc) is 3.61. The fourth-order valence-electron chi connectivity index (χ4n) is 3.76. The highest BCUT2D eigenvalue weighted by Crippen LogP contribution is 2.42. The van der Waals surface area contributed by atoms with Crippen molar-refractivity contribution in [2.45, 2.75) is 38.0 Å². The molecule has 1 fully saturated rings. The second-order valence-electron chi connectivity index (χ2n) is 8.21. The van der Waals surface area contributed by atoms with E-state index < -0.39 is 10.0 Å². The summed E-state index contributed by atoms with van der Waals surface area (Å²) in [6.45, 7) is 4.58. The monoisotopic (exact) mass is 441 g/mol. The van der Waals surface area contributed by atoms with Gasteiger partial charge in [0.25, 0.3) is 0 Å². The molecular formula is C24H29N2O4S+. The minimum atomic E-state index is -3.44. The molecule has 2 aliphatic rings. The van der Waals surface area contributed by atoms with Crippen LogP contribution in [0.2, 0.25) is 0 Å². The summed E-state index contributed by atoms with van der Waals surface area (Å²) in [7, 11) is -3.44. The number of sulfonamides is 1. The van der Waals surface area contributed by atoms with Gasteiger partial charge in [-0.1, -0.05) is 18.2 Å². The smallest absolute Gasteiger partial charge is 0.309 e. The molecule has 7 heteroatoms. The second kappa shape index (κ2) is 8.49. The highest BCUT2D eigenvalue weighted by molar-refractivity contribution is 7.92. The number of rotatable bonds is 8. The lowest BCUT2D eigenvalue weighted by Gasteiger charge is -2.34. The maximum absolute atomic E-state index is 13.5. The van der Waals surface area contributed by atoms with Gasteiger partial charge in [0, 0.05) is 24.3 Å². The van der Waals surface area contributed by atoms with Crippen molar-refractivity contribution in [2.24, 2.45) is 5.73 Å². The number of para-hydroxylation sites is 2. The Labute approximate surface area is 184 Å². The molecule has 0 amide bonds. The Balaban J connectivity index is 1.66. The molecule has 0 aromatic heterocycles. The van der Waals surface area contributed by atoms with Gasteiger partial charge < -0.3 is 15.2 Å². The first-order valence-electron chi connectivity index (χ1n) is 10.6. The summed E-state index contributed by atoms with van der Waals surface area (Å²) in [6.07, 6.45) is 7.04. The molecule has 1 aliphatic carbocycles. The van der Waals surface area contributed by atoms with Gasteiger partial charge in [0.05, 0.1) is 6.10 Å². The van der Waals surface area contributed by atoms with Gasteiger partial charge in [-0.15, -0.1) is 0 Å². The van der Waals surface area contributed by atoms with Crippen molar-refractivity contribution in [1.82, 2.24) is 3.89 Å². The number of nitrogens with two attached hydrogens (primary N) is 1. The molecule has 164 valence electrons. The molecule has 0 bridgehead atoms. The molecule has 1 aliphatic heterocycles. The van der Waals surface area contributed by atoms with Gasteiger partial charge in [0.15, 0.2) is 17.2 Å². The van der Waals surface area contributed by atoms with Gasteiger partial charge in [-0.2, -0.15) is 12.3 Å². The lowest BCUT2D eigenvalue weighted by Crippen LogP contribution is -2.52. The van der Waals surface area contributed by atoms with Gasteiger partial charge in [-0.25, -0.2) is 0 Å². The zero-order chi connectivity index (χ0) is 22.1. The summed E-state index contributed by atoms with van der Waals surface area (Å²) >= 11 is 0. The van der Waals surface area contributed by atoms with E-state index in [0.29, 0.717) is 48.9 Å². The normalized spacial score (nSPS) is 21.1. The van der Waals surface area contributed by atoms with Crippen LogP contribution >= 0.6 is 0 Å². The van der Waals surface area contributed by atoms with Gasteiger partial charge in [0.2, 0.25) is 0 Å². The molecule has 31 heavy (non-hydrogen) atoms. The Kier molecular flexibility index (Phi) is 5.92. The van der Waals surface area contributed by atoms with Crippen molar-refractivity contribution in [3.63, 3.8) is 0 Å². The van der Waals surface area contributed by atoms with Crippen LogP contribution in [-0.2, 0) is 10.0 Å². The summed E-state index contributed by atoms with van der Waals surface area (Å²) in [5, 5.41) is -0.301. The third kappa shape index (κ3) is 4.26. The largest absolute Gasteiger partial charge is 0.487 e. The molecule has 0 spiro atoms. The van der Waals surface area contributed by atoms with Crippen molar-refractivity contribution < 1.29 is 17.9 Å². The quantitative estimate of drug-likeness (QED) is 0.611. The predicted molar refractivity (Wildman–Crippen MR) is 124 cm³/mol. The molecule has 2 N–H and O–H groups in total. The molecule has 0 radical (unpaired) electrons. The van der Waals surface area contributed by atoms with Crippen LogP contribution < -0.4 is 19.1 Å². The molecule has 1 saturated carbocycles. The zero-order valence-corrected chi connectivity index (χ0v) is 18.7. The minimum absolute atomic E-state index is 0.0276. The van der Waals surface area contributed by atoms with E-state index in [0.717, 1.165) is 5.57 Å². The van der Waals surface area contributed by atoms with E-state index in [1.807, 2.05) is 62.4 Å². The maximum Gasteiger partial charge on any atom is 0.309 e. The summed E-state index contributed by atoms with van der Waals surface area (Å²) in [4.78, 5) is 0. The number of benzene rings is 2. The summed E-state index contributed by atoms with van der Waals surface area (Å²) in [6, 6.07) is 14.8. The average molecular weight is 442 g/mol. The maximum atomic E-state index is 13.5. The second-order valence-corrected chi connectivity index (χ2v) is 10.6. The molecule has 0 saturated heterocycles. The van der Waals surface area contributed by atoms with Crippen LogP contribution in [-0.4, -0.2) is 32.9 Å². The molecule has 1 atom stereocenters. The number of ether oxygens (including phenoxy) is 2.